The lowest BCUT2D eigenvalue weighted by Gasteiger charge is -2.11. The van der Waals surface area contributed by atoms with Gasteiger partial charge in [-0.2, -0.15) is 4.91 Å². The first kappa shape index (κ1) is 16.2. The van der Waals surface area contributed by atoms with Crippen molar-refractivity contribution in [1.29, 1.82) is 0 Å². The van der Waals surface area contributed by atoms with E-state index in [9.17, 15) is 9.70 Å². The quantitative estimate of drug-likeness (QED) is 0.497. The van der Waals surface area contributed by atoms with E-state index in [0.29, 0.717) is 10.7 Å². The Morgan fingerprint density at radius 2 is 1.88 bits per heavy atom. The van der Waals surface area contributed by atoms with E-state index in [1.165, 1.54) is 0 Å². The van der Waals surface area contributed by atoms with Crippen LogP contribution in [0.2, 0.25) is 5.02 Å². The van der Waals surface area contributed by atoms with Crippen LogP contribution in [0.5, 0.6) is 0 Å². The predicted molar refractivity (Wildman–Crippen MR) is 93.7 cm³/mol. The number of fused-ring (bicyclic) bond motifs is 1. The highest BCUT2D eigenvalue weighted by molar-refractivity contribution is 6.38. The van der Waals surface area contributed by atoms with E-state index in [2.05, 4.69) is 5.18 Å². The molecule has 3 aromatic rings. The molecule has 0 radical (unpaired) electrons. The lowest BCUT2D eigenvalue weighted by atomic mass is 10.2. The van der Waals surface area contributed by atoms with Gasteiger partial charge < -0.3 is 9.30 Å². The van der Waals surface area contributed by atoms with Gasteiger partial charge in [-0.15, -0.1) is 0 Å². The van der Waals surface area contributed by atoms with E-state index in [-0.39, 0.29) is 13.2 Å². The Morgan fingerprint density at radius 1 is 1.17 bits per heavy atom. The molecule has 5 nitrogen and oxygen atoms in total. The Balaban J connectivity index is 2.23. The van der Waals surface area contributed by atoms with Crippen molar-refractivity contribution in [3.05, 3.63) is 69.7 Å². The minimum absolute atomic E-state index is 0.109. The predicted octanol–water partition coefficient (Wildman–Crippen LogP) is 4.73. The smallest absolute Gasteiger partial charge is 0.356 e. The minimum Gasteiger partial charge on any atom is -0.461 e. The standard InChI is InChI=1S/C18H15ClN2O3/c1-2-24-18(22)17-16(19)14-5-3-4-6-15(14)21(17)13-9-7-12(8-10-13)11-20-23/h3-10H,2,11H2,1H3. The maximum Gasteiger partial charge on any atom is 0.356 e. The Hall–Kier alpha value is -2.66. The zero-order chi connectivity index (χ0) is 17.1. The first-order valence-corrected chi connectivity index (χ1v) is 7.89. The number of ether oxygens (including phenoxy) is 1. The van der Waals surface area contributed by atoms with Crippen molar-refractivity contribution in [2.24, 2.45) is 5.18 Å². The van der Waals surface area contributed by atoms with Crippen LogP contribution in [0.15, 0.2) is 53.7 Å². The maximum absolute atomic E-state index is 12.4. The molecule has 122 valence electrons. The average Bonchev–Trinajstić information content (AvgIpc) is 2.89. The number of esters is 1. The Morgan fingerprint density at radius 3 is 2.54 bits per heavy atom. The van der Waals surface area contributed by atoms with Crippen molar-refractivity contribution in [1.82, 2.24) is 4.57 Å². The number of rotatable bonds is 5. The molecular formula is C18H15ClN2O3. The monoisotopic (exact) mass is 342 g/mol. The van der Waals surface area contributed by atoms with Gasteiger partial charge in [0.25, 0.3) is 0 Å². The van der Waals surface area contributed by atoms with Crippen molar-refractivity contribution in [2.75, 3.05) is 6.61 Å². The molecule has 1 heterocycles. The van der Waals surface area contributed by atoms with Crippen LogP contribution in [-0.2, 0) is 11.3 Å². The second-order valence-corrected chi connectivity index (χ2v) is 5.57. The topological polar surface area (TPSA) is 60.7 Å². The molecule has 0 spiro atoms. The molecule has 0 saturated heterocycles. The molecule has 0 aliphatic carbocycles. The molecule has 0 unspecified atom stereocenters. The van der Waals surface area contributed by atoms with Gasteiger partial charge in [0.15, 0.2) is 5.69 Å². The zero-order valence-corrected chi connectivity index (χ0v) is 13.8. The first-order valence-electron chi connectivity index (χ1n) is 7.51. The Labute approximate surface area is 143 Å². The summed E-state index contributed by atoms with van der Waals surface area (Å²) < 4.78 is 6.93. The normalized spacial score (nSPS) is 10.8. The number of aromatic nitrogens is 1. The molecule has 0 fully saturated rings. The molecule has 0 aliphatic rings. The largest absolute Gasteiger partial charge is 0.461 e. The van der Waals surface area contributed by atoms with Crippen LogP contribution in [0.3, 0.4) is 0 Å². The highest BCUT2D eigenvalue weighted by Gasteiger charge is 2.23. The number of carbonyl (C=O) groups is 1. The lowest BCUT2D eigenvalue weighted by molar-refractivity contribution is 0.0518. The molecule has 24 heavy (non-hydrogen) atoms. The molecule has 0 bridgehead atoms. The molecule has 2 aromatic carbocycles. The third kappa shape index (κ3) is 2.78. The molecule has 0 saturated carbocycles. The second-order valence-electron chi connectivity index (χ2n) is 5.19. The van der Waals surface area contributed by atoms with Crippen LogP contribution < -0.4 is 0 Å². The van der Waals surface area contributed by atoms with E-state index < -0.39 is 5.97 Å². The van der Waals surface area contributed by atoms with Crippen molar-refractivity contribution >= 4 is 28.5 Å². The second kappa shape index (κ2) is 6.84. The molecule has 1 aromatic heterocycles. The fraction of sp³-hybridized carbons (Fsp3) is 0.167. The number of carbonyl (C=O) groups excluding carboxylic acids is 1. The summed E-state index contributed by atoms with van der Waals surface area (Å²) in [4.78, 5) is 22.8. The number of para-hydroxylation sites is 1. The van der Waals surface area contributed by atoms with Crippen LogP contribution in [0, 0.1) is 4.91 Å². The third-order valence-electron chi connectivity index (χ3n) is 3.72. The fourth-order valence-electron chi connectivity index (χ4n) is 2.67. The van der Waals surface area contributed by atoms with E-state index in [4.69, 9.17) is 16.3 Å². The lowest BCUT2D eigenvalue weighted by Crippen LogP contribution is -2.11. The SMILES string of the molecule is CCOC(=O)c1c(Cl)c2ccccc2n1-c1ccc(CN=O)cc1. The molecule has 0 aliphatic heterocycles. The summed E-state index contributed by atoms with van der Waals surface area (Å²) in [6.45, 7) is 2.12. The van der Waals surface area contributed by atoms with Crippen LogP contribution in [-0.4, -0.2) is 17.1 Å². The van der Waals surface area contributed by atoms with Gasteiger partial charge in [0.2, 0.25) is 0 Å². The van der Waals surface area contributed by atoms with Gasteiger partial charge in [0.05, 0.1) is 17.1 Å². The van der Waals surface area contributed by atoms with Gasteiger partial charge in [-0.1, -0.05) is 47.1 Å². The highest BCUT2D eigenvalue weighted by Crippen LogP contribution is 2.33. The molecule has 6 heteroatoms. The van der Waals surface area contributed by atoms with E-state index >= 15 is 0 Å². The van der Waals surface area contributed by atoms with Gasteiger partial charge in [-0.25, -0.2) is 4.79 Å². The summed E-state index contributed by atoms with van der Waals surface area (Å²) in [5.41, 5.74) is 2.66. The summed E-state index contributed by atoms with van der Waals surface area (Å²) in [5.74, 6) is -0.475. The van der Waals surface area contributed by atoms with E-state index in [0.717, 1.165) is 22.2 Å². The molecular weight excluding hydrogens is 328 g/mol. The van der Waals surface area contributed by atoms with Gasteiger partial charge in [-0.05, 0) is 30.7 Å². The summed E-state index contributed by atoms with van der Waals surface area (Å²) in [7, 11) is 0. The van der Waals surface area contributed by atoms with E-state index in [1.54, 1.807) is 23.6 Å². The van der Waals surface area contributed by atoms with Crippen molar-refractivity contribution in [2.45, 2.75) is 13.5 Å². The molecule has 0 amide bonds. The summed E-state index contributed by atoms with van der Waals surface area (Å²) in [6, 6.07) is 14.8. The minimum atomic E-state index is -0.475. The number of hydrogen-bond donors (Lipinski definition) is 0. The molecule has 0 N–H and O–H groups in total. The summed E-state index contributed by atoms with van der Waals surface area (Å²) in [5, 5.41) is 4.02. The third-order valence-corrected chi connectivity index (χ3v) is 4.11. The Bertz CT molecular complexity index is 901. The zero-order valence-electron chi connectivity index (χ0n) is 13.0. The van der Waals surface area contributed by atoms with E-state index in [1.807, 2.05) is 36.4 Å². The van der Waals surface area contributed by atoms with Crippen LogP contribution in [0.25, 0.3) is 16.6 Å². The highest BCUT2D eigenvalue weighted by atomic mass is 35.5. The molecule has 0 atom stereocenters. The number of halogens is 1. The van der Waals surface area contributed by atoms with Crippen molar-refractivity contribution < 1.29 is 9.53 Å². The first-order chi connectivity index (χ1) is 11.7. The van der Waals surface area contributed by atoms with Crippen LogP contribution in [0.4, 0.5) is 0 Å². The average molecular weight is 343 g/mol. The Kier molecular flexibility index (Phi) is 4.62. The van der Waals surface area contributed by atoms with Gasteiger partial charge in [0.1, 0.15) is 6.54 Å². The van der Waals surface area contributed by atoms with Crippen molar-refractivity contribution in [3.63, 3.8) is 0 Å². The number of benzene rings is 2. The molecule has 3 rings (SSSR count). The van der Waals surface area contributed by atoms with Crippen molar-refractivity contribution in [3.8, 4) is 5.69 Å². The van der Waals surface area contributed by atoms with Gasteiger partial charge in [-0.3, -0.25) is 0 Å². The number of hydrogen-bond acceptors (Lipinski definition) is 4. The van der Waals surface area contributed by atoms with Crippen LogP contribution in [0.1, 0.15) is 23.0 Å². The maximum atomic E-state index is 12.4. The number of nitroso groups, excluding NO2 is 1. The van der Waals surface area contributed by atoms with Gasteiger partial charge in [0, 0.05) is 11.1 Å². The van der Waals surface area contributed by atoms with Crippen LogP contribution >= 0.6 is 11.6 Å². The van der Waals surface area contributed by atoms with Gasteiger partial charge >= 0.3 is 5.97 Å². The summed E-state index contributed by atoms with van der Waals surface area (Å²) in [6.07, 6.45) is 0. The fourth-order valence-corrected chi connectivity index (χ4v) is 3.00. The summed E-state index contributed by atoms with van der Waals surface area (Å²) >= 11 is 6.45. The number of nitrogens with zero attached hydrogens (tertiary/aromatic N) is 2.